The molecule has 0 aromatic heterocycles. The van der Waals surface area contributed by atoms with Crippen LogP contribution in [0.1, 0.15) is 67.2 Å². The molecule has 1 aliphatic carbocycles. The average Bonchev–Trinajstić information content (AvgIpc) is 2.52. The minimum atomic E-state index is 0.000586. The number of rotatable bonds is 0. The molecule has 19 heavy (non-hydrogen) atoms. The summed E-state index contributed by atoms with van der Waals surface area (Å²) in [7, 11) is 6.81. The van der Waals surface area contributed by atoms with Gasteiger partial charge < -0.3 is 0 Å². The molecule has 1 fully saturated rings. The van der Waals surface area contributed by atoms with Crippen LogP contribution in [-0.2, 0) is 0 Å². The van der Waals surface area contributed by atoms with Gasteiger partial charge in [0.25, 0.3) is 0 Å². The van der Waals surface area contributed by atoms with Crippen molar-refractivity contribution in [2.45, 2.75) is 77.8 Å². The Kier molecular flexibility index (Phi) is 3.98. The lowest BCUT2D eigenvalue weighted by molar-refractivity contribution is 0.237. The SMILES string of the molecule is [B]C1(C(C)(C)C)CCCC2C=C(C(C)(C)C)SC2C1. The zero-order valence-electron chi connectivity index (χ0n) is 13.5. The largest absolute Gasteiger partial charge is 0.126 e. The van der Waals surface area contributed by atoms with E-state index in [0.717, 1.165) is 5.92 Å². The van der Waals surface area contributed by atoms with Crippen molar-refractivity contribution in [2.24, 2.45) is 16.7 Å². The summed E-state index contributed by atoms with van der Waals surface area (Å²) in [5.74, 6) is 0.756. The fourth-order valence-corrected chi connectivity index (χ4v) is 4.98. The molecule has 106 valence electrons. The molecular weight excluding hydrogens is 247 g/mol. The van der Waals surface area contributed by atoms with E-state index in [-0.39, 0.29) is 10.7 Å². The van der Waals surface area contributed by atoms with Crippen LogP contribution in [0.3, 0.4) is 0 Å². The molecule has 2 rings (SSSR count). The van der Waals surface area contributed by atoms with Gasteiger partial charge in [0.15, 0.2) is 0 Å². The molecule has 0 aromatic rings. The van der Waals surface area contributed by atoms with Crippen molar-refractivity contribution in [3.8, 4) is 0 Å². The van der Waals surface area contributed by atoms with E-state index in [1.54, 1.807) is 4.91 Å². The lowest BCUT2D eigenvalue weighted by Gasteiger charge is -2.44. The van der Waals surface area contributed by atoms with Gasteiger partial charge in [-0.1, -0.05) is 65.8 Å². The summed E-state index contributed by atoms with van der Waals surface area (Å²) in [6, 6.07) is 0. The van der Waals surface area contributed by atoms with Gasteiger partial charge in [0, 0.05) is 5.25 Å². The van der Waals surface area contributed by atoms with Gasteiger partial charge in [-0.2, -0.15) is 0 Å². The monoisotopic (exact) mass is 276 g/mol. The molecule has 0 amide bonds. The van der Waals surface area contributed by atoms with E-state index in [1.165, 1.54) is 25.7 Å². The summed E-state index contributed by atoms with van der Waals surface area (Å²) >= 11 is 2.11. The molecule has 3 atom stereocenters. The molecule has 3 unspecified atom stereocenters. The maximum atomic E-state index is 6.81. The van der Waals surface area contributed by atoms with Gasteiger partial charge in [0.2, 0.25) is 0 Å². The highest BCUT2D eigenvalue weighted by molar-refractivity contribution is 8.04. The molecule has 1 heterocycles. The van der Waals surface area contributed by atoms with E-state index in [9.17, 15) is 0 Å². The van der Waals surface area contributed by atoms with Crippen LogP contribution in [0.5, 0.6) is 0 Å². The lowest BCUT2D eigenvalue weighted by Crippen LogP contribution is -2.31. The molecule has 1 aliphatic heterocycles. The highest BCUT2D eigenvalue weighted by Crippen LogP contribution is 2.59. The smallest absolute Gasteiger partial charge is 0.0753 e. The van der Waals surface area contributed by atoms with E-state index >= 15 is 0 Å². The molecule has 0 N–H and O–H groups in total. The summed E-state index contributed by atoms with van der Waals surface area (Å²) < 4.78 is 0. The first-order valence-corrected chi connectivity index (χ1v) is 8.59. The summed E-state index contributed by atoms with van der Waals surface area (Å²) in [4.78, 5) is 1.58. The van der Waals surface area contributed by atoms with Crippen LogP contribution < -0.4 is 0 Å². The molecular formula is C17H29BS. The molecule has 0 nitrogen and oxygen atoms in total. The summed E-state index contributed by atoms with van der Waals surface area (Å²) in [6.07, 6.45) is 7.52. The van der Waals surface area contributed by atoms with Gasteiger partial charge in [0.1, 0.15) is 0 Å². The molecule has 0 aromatic carbocycles. The molecule has 0 saturated heterocycles. The van der Waals surface area contributed by atoms with Crippen LogP contribution in [-0.4, -0.2) is 13.1 Å². The van der Waals surface area contributed by atoms with E-state index < -0.39 is 0 Å². The van der Waals surface area contributed by atoms with E-state index in [2.05, 4.69) is 59.4 Å². The van der Waals surface area contributed by atoms with Crippen molar-refractivity contribution in [1.29, 1.82) is 0 Å². The Morgan fingerprint density at radius 3 is 2.37 bits per heavy atom. The second-order valence-electron chi connectivity index (χ2n) is 8.60. The average molecular weight is 276 g/mol. The van der Waals surface area contributed by atoms with Gasteiger partial charge in [-0.25, -0.2) is 0 Å². The second-order valence-corrected chi connectivity index (χ2v) is 9.88. The maximum absolute atomic E-state index is 6.81. The second kappa shape index (κ2) is 4.86. The van der Waals surface area contributed by atoms with Crippen molar-refractivity contribution in [2.75, 3.05) is 0 Å². The summed E-state index contributed by atoms with van der Waals surface area (Å²) in [5.41, 5.74) is 0.503. The summed E-state index contributed by atoms with van der Waals surface area (Å²) in [6.45, 7) is 13.9. The minimum Gasteiger partial charge on any atom is -0.126 e. The third-order valence-electron chi connectivity index (χ3n) is 5.08. The zero-order valence-corrected chi connectivity index (χ0v) is 14.4. The third-order valence-corrected chi connectivity index (χ3v) is 6.90. The molecule has 2 aliphatic rings. The van der Waals surface area contributed by atoms with Crippen LogP contribution >= 0.6 is 11.8 Å². The number of allylic oxidation sites excluding steroid dienone is 2. The Hall–Kier alpha value is 0.155. The van der Waals surface area contributed by atoms with Crippen molar-refractivity contribution < 1.29 is 0 Å². The van der Waals surface area contributed by atoms with Crippen LogP contribution in [0.25, 0.3) is 0 Å². The number of fused-ring (bicyclic) bond motifs is 1. The van der Waals surface area contributed by atoms with Gasteiger partial charge in [-0.3, -0.25) is 0 Å². The highest BCUT2D eigenvalue weighted by Gasteiger charge is 2.44. The maximum Gasteiger partial charge on any atom is 0.0753 e. The van der Waals surface area contributed by atoms with E-state index in [1.807, 2.05) is 0 Å². The van der Waals surface area contributed by atoms with Gasteiger partial charge in [-0.15, -0.1) is 11.8 Å². The van der Waals surface area contributed by atoms with Gasteiger partial charge in [-0.05, 0) is 34.5 Å². The number of thioether (sulfide) groups is 1. The van der Waals surface area contributed by atoms with Crippen molar-refractivity contribution >= 4 is 19.6 Å². The minimum absolute atomic E-state index is 0.000586. The Morgan fingerprint density at radius 1 is 1.21 bits per heavy atom. The first-order valence-electron chi connectivity index (χ1n) is 7.71. The molecule has 0 spiro atoms. The molecule has 2 heteroatoms. The van der Waals surface area contributed by atoms with Crippen LogP contribution in [0.15, 0.2) is 11.0 Å². The van der Waals surface area contributed by atoms with E-state index in [0.29, 0.717) is 10.7 Å². The van der Waals surface area contributed by atoms with Gasteiger partial charge >= 0.3 is 0 Å². The standard InChI is InChI=1S/C17H29BS/c1-15(2,3)14-10-12-8-7-9-17(18,16(4,5)6)11-13(12)19-14/h10,12-13H,7-9,11H2,1-6H3. The van der Waals surface area contributed by atoms with Crippen molar-refractivity contribution in [3.63, 3.8) is 0 Å². The fraction of sp³-hybridized carbons (Fsp3) is 0.882. The quantitative estimate of drug-likeness (QED) is 0.519. The lowest BCUT2D eigenvalue weighted by atomic mass is 9.51. The van der Waals surface area contributed by atoms with Crippen molar-refractivity contribution in [3.05, 3.63) is 11.0 Å². The van der Waals surface area contributed by atoms with Crippen LogP contribution in [0, 0.1) is 16.7 Å². The predicted molar refractivity (Wildman–Crippen MR) is 88.8 cm³/mol. The number of hydrogen-bond donors (Lipinski definition) is 0. The highest BCUT2D eigenvalue weighted by atomic mass is 32.2. The number of hydrogen-bond acceptors (Lipinski definition) is 1. The molecule has 0 bridgehead atoms. The Labute approximate surface area is 125 Å². The topological polar surface area (TPSA) is 0 Å². The van der Waals surface area contributed by atoms with Crippen molar-refractivity contribution in [1.82, 2.24) is 0 Å². The summed E-state index contributed by atoms with van der Waals surface area (Å²) in [5, 5.41) is 0.710. The molecule has 2 radical (unpaired) electrons. The van der Waals surface area contributed by atoms with Crippen LogP contribution in [0.4, 0.5) is 0 Å². The Bertz CT molecular complexity index is 372. The Morgan fingerprint density at radius 2 is 1.84 bits per heavy atom. The zero-order chi connectivity index (χ0) is 14.5. The van der Waals surface area contributed by atoms with Gasteiger partial charge in [0.05, 0.1) is 7.85 Å². The molecule has 1 saturated carbocycles. The first-order chi connectivity index (χ1) is 8.53. The normalized spacial score (nSPS) is 36.6. The fourth-order valence-electron chi connectivity index (χ4n) is 3.28. The van der Waals surface area contributed by atoms with E-state index in [4.69, 9.17) is 7.85 Å². The van der Waals surface area contributed by atoms with Crippen LogP contribution in [0.2, 0.25) is 5.31 Å². The Balaban J connectivity index is 2.18. The third kappa shape index (κ3) is 3.09. The first kappa shape index (κ1) is 15.5. The predicted octanol–water partition coefficient (Wildman–Crippen LogP) is 5.60.